The number of carbonyl (C=O) groups excluding carboxylic acids is 1. The maximum absolute atomic E-state index is 12.8. The van der Waals surface area contributed by atoms with Crippen LogP contribution in [0, 0.1) is 16.7 Å². The maximum Gasteiger partial charge on any atom is 0.154 e. The Bertz CT molecular complexity index is 957. The van der Waals surface area contributed by atoms with Crippen LogP contribution in [-0.2, 0) is 17.6 Å². The summed E-state index contributed by atoms with van der Waals surface area (Å²) in [6.07, 6.45) is 6.30. The molecule has 1 N–H and O–H groups in total. The molecule has 0 heterocycles. The van der Waals surface area contributed by atoms with Crippen molar-refractivity contribution in [2.45, 2.75) is 84.2 Å². The Morgan fingerprint density at radius 1 is 1.25 bits per heavy atom. The molecule has 0 amide bonds. The highest BCUT2D eigenvalue weighted by molar-refractivity contribution is 5.89. The number of fused-ring (bicyclic) bond motifs is 1. The van der Waals surface area contributed by atoms with Crippen molar-refractivity contribution in [3.05, 3.63) is 59.2 Å². The van der Waals surface area contributed by atoms with Crippen molar-refractivity contribution >= 4 is 5.78 Å². The highest BCUT2D eigenvalue weighted by atomic mass is 16.5. The van der Waals surface area contributed by atoms with Crippen LogP contribution < -0.4 is 4.74 Å². The van der Waals surface area contributed by atoms with Crippen LogP contribution in [0.5, 0.6) is 11.5 Å². The van der Waals surface area contributed by atoms with Crippen LogP contribution in [0.3, 0.4) is 0 Å². The summed E-state index contributed by atoms with van der Waals surface area (Å²) in [4.78, 5) is 12.8. The minimum absolute atomic E-state index is 0.00907. The van der Waals surface area contributed by atoms with Gasteiger partial charge in [-0.25, -0.2) is 0 Å². The van der Waals surface area contributed by atoms with Gasteiger partial charge >= 0.3 is 0 Å². The third kappa shape index (κ3) is 5.51. The zero-order valence-electron chi connectivity index (χ0n) is 19.6. The predicted octanol–water partition coefficient (Wildman–Crippen LogP) is 6.50. The minimum atomic E-state index is -0.421. The number of aromatic hydroxyl groups is 1. The lowest BCUT2D eigenvalue weighted by atomic mass is 9.63. The summed E-state index contributed by atoms with van der Waals surface area (Å²) < 4.78 is 6.18. The molecule has 0 aromatic heterocycles. The van der Waals surface area contributed by atoms with E-state index in [1.807, 2.05) is 18.2 Å². The number of benzene rings is 2. The summed E-state index contributed by atoms with van der Waals surface area (Å²) in [6, 6.07) is 16.1. The number of Topliss-reactive ketones (excluding diaryl/α,β-unsaturated/α-hetero) is 1. The highest BCUT2D eigenvalue weighted by Gasteiger charge is 2.41. The quantitative estimate of drug-likeness (QED) is 0.464. The molecule has 0 fully saturated rings. The number of phenolic OH excluding ortho intramolecular Hbond substituents is 1. The molecule has 4 heteroatoms. The standard InChI is InChI=1S/C28H35NO3/c1-4-28(5-2)18-22-16-23(17-26(31)27(22)24(19-28)25(30)14-15-29)32-20(3)10-9-13-21-11-7-6-8-12-21/h6-8,11-12,16-17,20,24,31H,4-5,9-10,13-14,18-19H2,1-3H3. The van der Waals surface area contributed by atoms with Gasteiger partial charge in [-0.3, -0.25) is 4.79 Å². The second-order valence-corrected chi connectivity index (χ2v) is 9.26. The maximum atomic E-state index is 12.8. The number of nitriles is 1. The summed E-state index contributed by atoms with van der Waals surface area (Å²) in [6.45, 7) is 6.38. The molecule has 3 rings (SSSR count). The Morgan fingerprint density at radius 3 is 2.62 bits per heavy atom. The number of ether oxygens (including phenoxy) is 1. The second kappa shape index (κ2) is 10.7. The average Bonchev–Trinajstić information content (AvgIpc) is 2.79. The third-order valence-electron chi connectivity index (χ3n) is 7.17. The monoisotopic (exact) mass is 433 g/mol. The van der Waals surface area contributed by atoms with Gasteiger partial charge in [0, 0.05) is 17.5 Å². The number of nitrogens with zero attached hydrogens (tertiary/aromatic N) is 1. The van der Waals surface area contributed by atoms with Crippen LogP contribution in [0.15, 0.2) is 42.5 Å². The highest BCUT2D eigenvalue weighted by Crippen LogP contribution is 2.50. The van der Waals surface area contributed by atoms with E-state index >= 15 is 0 Å². The lowest BCUT2D eigenvalue weighted by Crippen LogP contribution is -2.33. The zero-order chi connectivity index (χ0) is 23.1. The van der Waals surface area contributed by atoms with Gasteiger partial charge in [0.2, 0.25) is 0 Å². The van der Waals surface area contributed by atoms with E-state index in [1.54, 1.807) is 6.07 Å². The van der Waals surface area contributed by atoms with Crippen molar-refractivity contribution in [2.75, 3.05) is 0 Å². The van der Waals surface area contributed by atoms with Gasteiger partial charge in [-0.15, -0.1) is 0 Å². The first-order valence-electron chi connectivity index (χ1n) is 11.9. The molecule has 0 aliphatic heterocycles. The van der Waals surface area contributed by atoms with Crippen LogP contribution in [0.25, 0.3) is 0 Å². The van der Waals surface area contributed by atoms with Gasteiger partial charge in [0.05, 0.1) is 18.6 Å². The lowest BCUT2D eigenvalue weighted by Gasteiger charge is -2.41. The zero-order valence-corrected chi connectivity index (χ0v) is 19.6. The molecule has 0 saturated carbocycles. The van der Waals surface area contributed by atoms with E-state index < -0.39 is 5.92 Å². The van der Waals surface area contributed by atoms with Gasteiger partial charge in [-0.1, -0.05) is 57.0 Å². The molecule has 2 atom stereocenters. The summed E-state index contributed by atoms with van der Waals surface area (Å²) in [7, 11) is 0. The fraction of sp³-hybridized carbons (Fsp3) is 0.500. The second-order valence-electron chi connectivity index (χ2n) is 9.26. The molecule has 170 valence electrons. The number of hydrogen-bond donors (Lipinski definition) is 1. The fourth-order valence-corrected chi connectivity index (χ4v) is 5.09. The largest absolute Gasteiger partial charge is 0.507 e. The first-order valence-corrected chi connectivity index (χ1v) is 11.9. The number of hydrogen-bond acceptors (Lipinski definition) is 4. The molecule has 1 aliphatic rings. The average molecular weight is 434 g/mol. The molecular formula is C28H35NO3. The molecule has 0 bridgehead atoms. The molecule has 0 spiro atoms. The summed E-state index contributed by atoms with van der Waals surface area (Å²) >= 11 is 0. The first-order chi connectivity index (χ1) is 15.4. The smallest absolute Gasteiger partial charge is 0.154 e. The number of ketones is 1. The van der Waals surface area contributed by atoms with Crippen LogP contribution in [0.2, 0.25) is 0 Å². The molecule has 32 heavy (non-hydrogen) atoms. The third-order valence-corrected chi connectivity index (χ3v) is 7.17. The Kier molecular flexibility index (Phi) is 7.96. The molecule has 2 unspecified atom stereocenters. The Labute approximate surface area is 192 Å². The summed E-state index contributed by atoms with van der Waals surface area (Å²) in [5.74, 6) is 0.252. The number of rotatable bonds is 10. The first kappa shape index (κ1) is 23.9. The van der Waals surface area contributed by atoms with Gasteiger partial charge < -0.3 is 9.84 Å². The van der Waals surface area contributed by atoms with Gasteiger partial charge in [-0.05, 0) is 61.6 Å². The van der Waals surface area contributed by atoms with E-state index in [0.29, 0.717) is 17.7 Å². The molecule has 0 saturated heterocycles. The SMILES string of the molecule is CCC1(CC)Cc2cc(OC(C)CCCc3ccccc3)cc(O)c2C(C(=O)CC#N)C1. The van der Waals surface area contributed by atoms with Crippen LogP contribution in [0.1, 0.15) is 81.9 Å². The van der Waals surface area contributed by atoms with Gasteiger partial charge in [0.15, 0.2) is 5.78 Å². The normalized spacial score (nSPS) is 17.8. The Morgan fingerprint density at radius 2 is 1.97 bits per heavy atom. The van der Waals surface area contributed by atoms with Crippen molar-refractivity contribution in [1.29, 1.82) is 5.26 Å². The van der Waals surface area contributed by atoms with Crippen molar-refractivity contribution in [2.24, 2.45) is 5.41 Å². The van der Waals surface area contributed by atoms with Crippen molar-refractivity contribution in [1.82, 2.24) is 0 Å². The fourth-order valence-electron chi connectivity index (χ4n) is 5.09. The van der Waals surface area contributed by atoms with E-state index in [0.717, 1.165) is 44.1 Å². The van der Waals surface area contributed by atoms with E-state index in [9.17, 15) is 9.90 Å². The number of carbonyl (C=O) groups is 1. The molecule has 4 nitrogen and oxygen atoms in total. The van der Waals surface area contributed by atoms with Gasteiger partial charge in [0.1, 0.15) is 11.5 Å². The van der Waals surface area contributed by atoms with E-state index in [2.05, 4.69) is 45.0 Å². The molecule has 2 aromatic carbocycles. The molecule has 0 radical (unpaired) electrons. The predicted molar refractivity (Wildman–Crippen MR) is 127 cm³/mol. The van der Waals surface area contributed by atoms with Crippen LogP contribution in [0.4, 0.5) is 0 Å². The molecule has 2 aromatic rings. The van der Waals surface area contributed by atoms with E-state index in [4.69, 9.17) is 10.00 Å². The van der Waals surface area contributed by atoms with Crippen molar-refractivity contribution in [3.8, 4) is 17.6 Å². The molecular weight excluding hydrogens is 398 g/mol. The topological polar surface area (TPSA) is 70.3 Å². The van der Waals surface area contributed by atoms with Crippen LogP contribution in [-0.4, -0.2) is 17.0 Å². The lowest BCUT2D eigenvalue weighted by molar-refractivity contribution is -0.120. The summed E-state index contributed by atoms with van der Waals surface area (Å²) in [5.41, 5.74) is 3.03. The van der Waals surface area contributed by atoms with Gasteiger partial charge in [0.25, 0.3) is 0 Å². The summed E-state index contributed by atoms with van der Waals surface area (Å²) in [5, 5.41) is 19.9. The Hall–Kier alpha value is -2.80. The van der Waals surface area contributed by atoms with Crippen LogP contribution >= 0.6 is 0 Å². The number of phenols is 1. The number of aryl methyl sites for hydroxylation is 1. The van der Waals surface area contributed by atoms with E-state index in [1.165, 1.54) is 5.56 Å². The van der Waals surface area contributed by atoms with E-state index in [-0.39, 0.29) is 29.5 Å². The Balaban J connectivity index is 1.76. The minimum Gasteiger partial charge on any atom is -0.507 e. The molecule has 1 aliphatic carbocycles. The van der Waals surface area contributed by atoms with Crippen molar-refractivity contribution in [3.63, 3.8) is 0 Å². The van der Waals surface area contributed by atoms with Gasteiger partial charge in [-0.2, -0.15) is 5.26 Å². The van der Waals surface area contributed by atoms with Crippen molar-refractivity contribution < 1.29 is 14.6 Å².